The molecule has 0 spiro atoms. The lowest BCUT2D eigenvalue weighted by Gasteiger charge is -2.12. The number of hydrogen-bond donors (Lipinski definition) is 4. The van der Waals surface area contributed by atoms with E-state index in [9.17, 15) is 0 Å². The van der Waals surface area contributed by atoms with Crippen molar-refractivity contribution in [3.63, 3.8) is 0 Å². The third-order valence-corrected chi connectivity index (χ3v) is 0.723. The Balaban J connectivity index is 0. The van der Waals surface area contributed by atoms with Crippen molar-refractivity contribution in [1.29, 1.82) is 10.8 Å². The van der Waals surface area contributed by atoms with Gasteiger partial charge < -0.3 is 11.5 Å². The van der Waals surface area contributed by atoms with Gasteiger partial charge in [-0.2, -0.15) is 0 Å². The van der Waals surface area contributed by atoms with E-state index >= 15 is 0 Å². The van der Waals surface area contributed by atoms with Crippen LogP contribution in [0.2, 0.25) is 0 Å². The zero-order chi connectivity index (χ0) is 6.73. The van der Waals surface area contributed by atoms with Crippen LogP contribution in [0.3, 0.4) is 0 Å². The summed E-state index contributed by atoms with van der Waals surface area (Å²) in [5.41, 5.74) is 9.85. The van der Waals surface area contributed by atoms with Gasteiger partial charge in [0.25, 0.3) is 0 Å². The molecule has 0 radical (unpaired) electrons. The van der Waals surface area contributed by atoms with E-state index in [2.05, 4.69) is 0 Å². The lowest BCUT2D eigenvalue weighted by atomic mass is 10.7. The summed E-state index contributed by atoms with van der Waals surface area (Å²) in [6.07, 6.45) is 0. The van der Waals surface area contributed by atoms with Crippen LogP contribution in [0.5, 0.6) is 0 Å². The number of rotatable bonds is 0. The smallest absolute Gasteiger partial charge is 0.195 e. The summed E-state index contributed by atoms with van der Waals surface area (Å²) in [7, 11) is 1.45. The molecule has 6 N–H and O–H groups in total. The van der Waals surface area contributed by atoms with Crippen LogP contribution in [-0.2, 0) is 0 Å². The molecule has 54 valence electrons. The molecule has 0 fully saturated rings. The third kappa shape index (κ3) is 3.60. The number of hydrogen-bond acceptors (Lipinski definition) is 2. The Kier molecular flexibility index (Phi) is 4.81. The molecule has 0 amide bonds. The average molecular weight is 152 g/mol. The van der Waals surface area contributed by atoms with Gasteiger partial charge in [0.1, 0.15) is 0 Å². The monoisotopic (exact) mass is 151 g/mol. The average Bonchev–Trinajstić information content (AvgIpc) is 1.64. The molecule has 0 saturated carbocycles. The van der Waals surface area contributed by atoms with Crippen molar-refractivity contribution in [2.75, 3.05) is 7.05 Å². The van der Waals surface area contributed by atoms with Crippen LogP contribution in [0, 0.1) is 10.8 Å². The minimum absolute atomic E-state index is 0. The van der Waals surface area contributed by atoms with E-state index in [-0.39, 0.29) is 24.3 Å². The molecular formula is C3H10ClN5. The molecule has 0 aromatic carbocycles. The molecule has 6 heteroatoms. The van der Waals surface area contributed by atoms with Gasteiger partial charge in [0.2, 0.25) is 0 Å². The van der Waals surface area contributed by atoms with E-state index < -0.39 is 0 Å². The first-order valence-corrected chi connectivity index (χ1v) is 1.97. The highest BCUT2D eigenvalue weighted by Crippen LogP contribution is 1.72. The molecule has 0 unspecified atom stereocenters. The summed E-state index contributed by atoms with van der Waals surface area (Å²) in [5, 5.41) is 13.4. The summed E-state index contributed by atoms with van der Waals surface area (Å²) in [6, 6.07) is 0. The minimum Gasteiger partial charge on any atom is -0.370 e. The van der Waals surface area contributed by atoms with Gasteiger partial charge in [-0.05, 0) is 0 Å². The SMILES string of the molecule is CN(C(=N)N)C(=N)N.Cl. The third-order valence-electron chi connectivity index (χ3n) is 0.723. The quantitative estimate of drug-likeness (QED) is 0.267. The molecule has 9 heavy (non-hydrogen) atoms. The fourth-order valence-corrected chi connectivity index (χ4v) is 0.130. The molecule has 5 nitrogen and oxygen atoms in total. The lowest BCUT2D eigenvalue weighted by Crippen LogP contribution is -2.41. The summed E-state index contributed by atoms with van der Waals surface area (Å²) < 4.78 is 0. The lowest BCUT2D eigenvalue weighted by molar-refractivity contribution is 0.717. The van der Waals surface area contributed by atoms with Gasteiger partial charge in [-0.1, -0.05) is 0 Å². The second kappa shape index (κ2) is 3.96. The maximum atomic E-state index is 6.71. The molecule has 0 aliphatic rings. The van der Waals surface area contributed by atoms with Crippen molar-refractivity contribution < 1.29 is 0 Å². The van der Waals surface area contributed by atoms with Crippen LogP contribution in [-0.4, -0.2) is 23.9 Å². The van der Waals surface area contributed by atoms with Gasteiger partial charge in [0.05, 0.1) is 0 Å². The summed E-state index contributed by atoms with van der Waals surface area (Å²) in [6.45, 7) is 0. The van der Waals surface area contributed by atoms with Gasteiger partial charge in [0.15, 0.2) is 11.9 Å². The largest absolute Gasteiger partial charge is 0.370 e. The highest BCUT2D eigenvalue weighted by Gasteiger charge is 1.98. The van der Waals surface area contributed by atoms with Crippen LogP contribution in [0.15, 0.2) is 0 Å². The Hall–Kier alpha value is -0.970. The maximum absolute atomic E-state index is 6.71. The van der Waals surface area contributed by atoms with E-state index in [4.69, 9.17) is 22.3 Å². The molecule has 0 heterocycles. The van der Waals surface area contributed by atoms with Crippen molar-refractivity contribution in [2.45, 2.75) is 0 Å². The molecule has 0 bridgehead atoms. The Labute approximate surface area is 59.4 Å². The highest BCUT2D eigenvalue weighted by atomic mass is 35.5. The van der Waals surface area contributed by atoms with Crippen molar-refractivity contribution in [3.05, 3.63) is 0 Å². The van der Waals surface area contributed by atoms with E-state index in [1.54, 1.807) is 0 Å². The van der Waals surface area contributed by atoms with Crippen LogP contribution in [0.25, 0.3) is 0 Å². The standard InChI is InChI=1S/C3H9N5.ClH/c1-8(2(4)5)3(6)7;/h1H3,(H3,4,5)(H3,6,7);1H. The predicted octanol–water partition coefficient (Wildman–Crippen LogP) is -0.873. The number of halogens is 1. The van der Waals surface area contributed by atoms with Gasteiger partial charge in [-0.25, -0.2) is 0 Å². The van der Waals surface area contributed by atoms with Crippen molar-refractivity contribution in [3.8, 4) is 0 Å². The molecule has 0 aliphatic carbocycles. The Morgan fingerprint density at radius 1 is 1.22 bits per heavy atom. The molecule has 0 aliphatic heterocycles. The number of nitrogens with two attached hydrogens (primary N) is 2. The predicted molar refractivity (Wildman–Crippen MR) is 38.8 cm³/mol. The van der Waals surface area contributed by atoms with Gasteiger partial charge in [-0.3, -0.25) is 15.7 Å². The van der Waals surface area contributed by atoms with Gasteiger partial charge in [-0.15, -0.1) is 12.4 Å². The summed E-state index contributed by atoms with van der Waals surface area (Å²) >= 11 is 0. The van der Waals surface area contributed by atoms with E-state index in [0.717, 1.165) is 4.90 Å². The van der Waals surface area contributed by atoms with Crippen molar-refractivity contribution in [2.24, 2.45) is 11.5 Å². The van der Waals surface area contributed by atoms with Crippen LogP contribution < -0.4 is 11.5 Å². The van der Waals surface area contributed by atoms with E-state index in [1.807, 2.05) is 0 Å². The first-order valence-electron chi connectivity index (χ1n) is 1.97. The molecule has 0 aromatic rings. The van der Waals surface area contributed by atoms with Crippen molar-refractivity contribution >= 4 is 24.3 Å². The zero-order valence-corrected chi connectivity index (χ0v) is 5.83. The molecule has 0 atom stereocenters. The Bertz CT molecular complexity index is 107. The van der Waals surface area contributed by atoms with E-state index in [0.29, 0.717) is 0 Å². The molecule has 0 saturated heterocycles. The number of nitrogens with zero attached hydrogens (tertiary/aromatic N) is 1. The number of guanidine groups is 2. The Morgan fingerprint density at radius 2 is 1.44 bits per heavy atom. The molecule has 0 aromatic heterocycles. The highest BCUT2D eigenvalue weighted by molar-refractivity contribution is 5.93. The van der Waals surface area contributed by atoms with E-state index in [1.165, 1.54) is 7.05 Å². The van der Waals surface area contributed by atoms with Gasteiger partial charge >= 0.3 is 0 Å². The molecular weight excluding hydrogens is 142 g/mol. The Morgan fingerprint density at radius 3 is 1.44 bits per heavy atom. The van der Waals surface area contributed by atoms with Crippen LogP contribution >= 0.6 is 12.4 Å². The fourth-order valence-electron chi connectivity index (χ4n) is 0.130. The molecule has 0 rings (SSSR count). The van der Waals surface area contributed by atoms with Crippen LogP contribution in [0.1, 0.15) is 0 Å². The summed E-state index contributed by atoms with van der Waals surface area (Å²) in [5.74, 6) is -0.449. The summed E-state index contributed by atoms with van der Waals surface area (Å²) in [4.78, 5) is 1.06. The normalized spacial score (nSPS) is 7.22. The second-order valence-corrected chi connectivity index (χ2v) is 1.33. The first kappa shape index (κ1) is 10.9. The topological polar surface area (TPSA) is 103 Å². The maximum Gasteiger partial charge on any atom is 0.195 e. The second-order valence-electron chi connectivity index (χ2n) is 1.33. The fraction of sp³-hybridized carbons (Fsp3) is 0.333. The zero-order valence-electron chi connectivity index (χ0n) is 5.01. The number of nitrogens with one attached hydrogen (secondary N) is 2. The van der Waals surface area contributed by atoms with Crippen molar-refractivity contribution in [1.82, 2.24) is 4.90 Å². The van der Waals surface area contributed by atoms with Crippen LogP contribution in [0.4, 0.5) is 0 Å². The first-order chi connectivity index (χ1) is 3.55. The van der Waals surface area contributed by atoms with Gasteiger partial charge in [0, 0.05) is 7.05 Å². The minimum atomic E-state index is -0.225.